The van der Waals surface area contributed by atoms with Crippen LogP contribution in [0.25, 0.3) is 0 Å². The van der Waals surface area contributed by atoms with E-state index in [0.717, 1.165) is 23.7 Å². The average Bonchev–Trinajstić information content (AvgIpc) is 2.52. The highest BCUT2D eigenvalue weighted by atomic mass is 14.3. The molecule has 0 radical (unpaired) electrons. The van der Waals surface area contributed by atoms with Crippen molar-refractivity contribution in [2.75, 3.05) is 0 Å². The third-order valence-corrected chi connectivity index (χ3v) is 6.08. The van der Waals surface area contributed by atoms with Crippen molar-refractivity contribution in [3.05, 3.63) is 12.2 Å². The lowest BCUT2D eigenvalue weighted by Gasteiger charge is -2.37. The molecule has 0 aromatic heterocycles. The molecule has 0 spiro atoms. The van der Waals surface area contributed by atoms with E-state index >= 15 is 0 Å². The molecular weight excluding hydrogens is 240 g/mol. The molecule has 116 valence electrons. The summed E-state index contributed by atoms with van der Waals surface area (Å²) in [5.41, 5.74) is 0. The van der Waals surface area contributed by atoms with Gasteiger partial charge in [0, 0.05) is 0 Å². The van der Waals surface area contributed by atoms with Gasteiger partial charge in [-0.3, -0.25) is 0 Å². The molecule has 0 aromatic carbocycles. The van der Waals surface area contributed by atoms with Gasteiger partial charge in [-0.25, -0.2) is 0 Å². The molecule has 0 aromatic rings. The van der Waals surface area contributed by atoms with E-state index in [0.29, 0.717) is 0 Å². The number of hydrogen-bond acceptors (Lipinski definition) is 0. The highest BCUT2D eigenvalue weighted by Gasteiger charge is 2.29. The van der Waals surface area contributed by atoms with E-state index in [-0.39, 0.29) is 0 Å². The van der Waals surface area contributed by atoms with Gasteiger partial charge in [0.2, 0.25) is 0 Å². The van der Waals surface area contributed by atoms with E-state index in [1.54, 1.807) is 12.8 Å². The molecule has 0 unspecified atom stereocenters. The van der Waals surface area contributed by atoms with Crippen molar-refractivity contribution < 1.29 is 0 Å². The Hall–Kier alpha value is -0.260. The van der Waals surface area contributed by atoms with Crippen LogP contribution < -0.4 is 0 Å². The Morgan fingerprint density at radius 3 is 1.95 bits per heavy atom. The zero-order chi connectivity index (χ0) is 14.2. The number of allylic oxidation sites excluding steroid dienone is 2. The van der Waals surface area contributed by atoms with Crippen molar-refractivity contribution >= 4 is 0 Å². The van der Waals surface area contributed by atoms with Gasteiger partial charge in [-0.2, -0.15) is 0 Å². The molecular formula is C20H36. The fraction of sp³-hybridized carbons (Fsp3) is 0.900. The van der Waals surface area contributed by atoms with Crippen LogP contribution in [-0.4, -0.2) is 0 Å². The minimum absolute atomic E-state index is 0.912. The first-order valence-corrected chi connectivity index (χ1v) is 9.50. The van der Waals surface area contributed by atoms with Crippen LogP contribution in [0.5, 0.6) is 0 Å². The second-order valence-corrected chi connectivity index (χ2v) is 7.43. The van der Waals surface area contributed by atoms with E-state index in [1.807, 2.05) is 0 Å². The van der Waals surface area contributed by atoms with Crippen molar-refractivity contribution in [2.24, 2.45) is 23.7 Å². The van der Waals surface area contributed by atoms with Crippen LogP contribution in [-0.2, 0) is 0 Å². The third kappa shape index (κ3) is 4.93. The molecule has 0 atom stereocenters. The summed E-state index contributed by atoms with van der Waals surface area (Å²) in [5, 5.41) is 0. The zero-order valence-electron chi connectivity index (χ0n) is 13.9. The Morgan fingerprint density at radius 2 is 1.40 bits per heavy atom. The Bertz CT molecular complexity index is 262. The maximum atomic E-state index is 2.54. The molecule has 2 rings (SSSR count). The lowest BCUT2D eigenvalue weighted by molar-refractivity contribution is 0.154. The van der Waals surface area contributed by atoms with E-state index in [9.17, 15) is 0 Å². The molecule has 2 fully saturated rings. The van der Waals surface area contributed by atoms with Crippen LogP contribution in [0.15, 0.2) is 12.2 Å². The predicted octanol–water partition coefficient (Wildman–Crippen LogP) is 6.76. The maximum Gasteiger partial charge on any atom is -0.0233 e. The normalized spacial score (nSPS) is 35.5. The van der Waals surface area contributed by atoms with Gasteiger partial charge in [0.05, 0.1) is 0 Å². The predicted molar refractivity (Wildman–Crippen MR) is 89.9 cm³/mol. The second kappa shape index (κ2) is 8.90. The Kier molecular flexibility index (Phi) is 7.17. The van der Waals surface area contributed by atoms with Crippen LogP contribution >= 0.6 is 0 Å². The van der Waals surface area contributed by atoms with Crippen LogP contribution in [0.2, 0.25) is 0 Å². The number of unbranched alkanes of at least 4 members (excludes halogenated alkanes) is 2. The van der Waals surface area contributed by atoms with Crippen molar-refractivity contribution in [1.82, 2.24) is 0 Å². The largest absolute Gasteiger partial charge is 0.0883 e. The fourth-order valence-electron chi connectivity index (χ4n) is 4.49. The van der Waals surface area contributed by atoms with Gasteiger partial charge in [-0.05, 0) is 68.6 Å². The van der Waals surface area contributed by atoms with Gasteiger partial charge in [0.1, 0.15) is 0 Å². The topological polar surface area (TPSA) is 0 Å². The molecule has 20 heavy (non-hydrogen) atoms. The highest BCUT2D eigenvalue weighted by molar-refractivity contribution is 4.92. The molecule has 0 amide bonds. The van der Waals surface area contributed by atoms with Crippen molar-refractivity contribution in [1.29, 1.82) is 0 Å². The first-order chi connectivity index (χ1) is 9.83. The molecule has 0 bridgehead atoms. The minimum Gasteiger partial charge on any atom is -0.0883 e. The van der Waals surface area contributed by atoms with Crippen molar-refractivity contribution in [3.63, 3.8) is 0 Å². The lowest BCUT2D eigenvalue weighted by atomic mass is 9.69. The summed E-state index contributed by atoms with van der Waals surface area (Å²) < 4.78 is 0. The average molecular weight is 277 g/mol. The molecule has 2 aliphatic carbocycles. The Morgan fingerprint density at radius 1 is 0.800 bits per heavy atom. The third-order valence-electron chi connectivity index (χ3n) is 6.08. The first-order valence-electron chi connectivity index (χ1n) is 9.50. The van der Waals surface area contributed by atoms with Crippen molar-refractivity contribution in [3.8, 4) is 0 Å². The molecule has 0 heterocycles. The molecule has 2 aliphatic rings. The standard InChI is InChI=1S/C20H36/c1-3-5-6-7-8-18-11-15-20(16-12-18)19-13-9-17(4-2)10-14-19/h7-8,17-20H,3-6,9-16H2,1-2H3/b8-7+. The van der Waals surface area contributed by atoms with Gasteiger partial charge in [0.25, 0.3) is 0 Å². The second-order valence-electron chi connectivity index (χ2n) is 7.43. The van der Waals surface area contributed by atoms with Crippen molar-refractivity contribution in [2.45, 2.75) is 90.9 Å². The number of rotatable bonds is 6. The SMILES string of the molecule is CCCC/C=C/C1CCC(C2CCC(CC)CC2)CC1. The minimum atomic E-state index is 0.912. The summed E-state index contributed by atoms with van der Waals surface area (Å²) in [4.78, 5) is 0. The summed E-state index contributed by atoms with van der Waals surface area (Å²) in [6.07, 6.45) is 22.5. The Balaban J connectivity index is 1.65. The van der Waals surface area contributed by atoms with Gasteiger partial charge in [-0.1, -0.05) is 58.1 Å². The zero-order valence-corrected chi connectivity index (χ0v) is 13.9. The van der Waals surface area contributed by atoms with E-state index in [4.69, 9.17) is 0 Å². The van der Waals surface area contributed by atoms with Crippen LogP contribution in [0.4, 0.5) is 0 Å². The molecule has 0 N–H and O–H groups in total. The van der Waals surface area contributed by atoms with E-state index in [2.05, 4.69) is 26.0 Å². The molecule has 0 heteroatoms. The van der Waals surface area contributed by atoms with E-state index < -0.39 is 0 Å². The quantitative estimate of drug-likeness (QED) is 0.371. The van der Waals surface area contributed by atoms with Gasteiger partial charge in [-0.15, -0.1) is 0 Å². The molecule has 0 aliphatic heterocycles. The van der Waals surface area contributed by atoms with Crippen LogP contribution in [0.1, 0.15) is 90.9 Å². The molecule has 2 saturated carbocycles. The summed E-state index contributed by atoms with van der Waals surface area (Å²) >= 11 is 0. The highest BCUT2D eigenvalue weighted by Crippen LogP contribution is 2.42. The Labute approximate surface area is 127 Å². The molecule has 0 nitrogen and oxygen atoms in total. The van der Waals surface area contributed by atoms with Gasteiger partial charge in [0.15, 0.2) is 0 Å². The summed E-state index contributed by atoms with van der Waals surface area (Å²) in [6.45, 7) is 4.66. The van der Waals surface area contributed by atoms with Gasteiger partial charge >= 0.3 is 0 Å². The van der Waals surface area contributed by atoms with Crippen LogP contribution in [0, 0.1) is 23.7 Å². The maximum absolute atomic E-state index is 2.54. The monoisotopic (exact) mass is 276 g/mol. The molecule has 0 saturated heterocycles. The summed E-state index contributed by atoms with van der Waals surface area (Å²) in [5.74, 6) is 4.13. The summed E-state index contributed by atoms with van der Waals surface area (Å²) in [6, 6.07) is 0. The first kappa shape index (κ1) is 16.1. The van der Waals surface area contributed by atoms with Gasteiger partial charge < -0.3 is 0 Å². The van der Waals surface area contributed by atoms with Crippen LogP contribution in [0.3, 0.4) is 0 Å². The lowest BCUT2D eigenvalue weighted by Crippen LogP contribution is -2.25. The van der Waals surface area contributed by atoms with E-state index in [1.165, 1.54) is 64.2 Å². The number of hydrogen-bond donors (Lipinski definition) is 0. The smallest absolute Gasteiger partial charge is 0.0233 e. The summed E-state index contributed by atoms with van der Waals surface area (Å²) in [7, 11) is 0. The fourth-order valence-corrected chi connectivity index (χ4v) is 4.49.